The predicted octanol–water partition coefficient (Wildman–Crippen LogP) is 0.901. The SMILES string of the molecule is CCC(C)C(C)NC(=O)C1(C)COCC1N. The highest BCUT2D eigenvalue weighted by Crippen LogP contribution is 2.27. The van der Waals surface area contributed by atoms with Gasteiger partial charge in [0.25, 0.3) is 0 Å². The van der Waals surface area contributed by atoms with Crippen LogP contribution in [0.1, 0.15) is 34.1 Å². The van der Waals surface area contributed by atoms with Crippen LogP contribution in [0.5, 0.6) is 0 Å². The molecule has 4 heteroatoms. The fourth-order valence-corrected chi connectivity index (χ4v) is 1.79. The van der Waals surface area contributed by atoms with E-state index in [0.29, 0.717) is 19.1 Å². The van der Waals surface area contributed by atoms with Gasteiger partial charge in [-0.2, -0.15) is 0 Å². The molecule has 4 nitrogen and oxygen atoms in total. The van der Waals surface area contributed by atoms with Gasteiger partial charge in [0.2, 0.25) is 5.91 Å². The standard InChI is InChI=1S/C12H24N2O2/c1-5-8(2)9(3)14-11(15)12(4)7-16-6-10(12)13/h8-10H,5-7,13H2,1-4H3,(H,14,15). The third-order valence-corrected chi connectivity index (χ3v) is 3.89. The van der Waals surface area contributed by atoms with Crippen LogP contribution in [0.3, 0.4) is 0 Å². The Morgan fingerprint density at radius 1 is 1.62 bits per heavy atom. The van der Waals surface area contributed by atoms with Crippen molar-refractivity contribution in [3.05, 3.63) is 0 Å². The lowest BCUT2D eigenvalue weighted by molar-refractivity contribution is -0.131. The molecule has 16 heavy (non-hydrogen) atoms. The van der Waals surface area contributed by atoms with E-state index in [-0.39, 0.29) is 18.0 Å². The average molecular weight is 228 g/mol. The third kappa shape index (κ3) is 2.55. The number of nitrogens with two attached hydrogens (primary N) is 1. The van der Waals surface area contributed by atoms with Gasteiger partial charge < -0.3 is 15.8 Å². The molecule has 1 rings (SSSR count). The minimum atomic E-state index is -0.568. The maximum Gasteiger partial charge on any atom is 0.230 e. The summed E-state index contributed by atoms with van der Waals surface area (Å²) in [5.41, 5.74) is 5.34. The predicted molar refractivity (Wildman–Crippen MR) is 64.0 cm³/mol. The molecule has 1 saturated heterocycles. The van der Waals surface area contributed by atoms with Crippen LogP contribution in [0, 0.1) is 11.3 Å². The molecule has 0 aromatic rings. The third-order valence-electron chi connectivity index (χ3n) is 3.89. The summed E-state index contributed by atoms with van der Waals surface area (Å²) in [5, 5.41) is 3.04. The summed E-state index contributed by atoms with van der Waals surface area (Å²) in [6.45, 7) is 9.08. The molecule has 0 aliphatic carbocycles. The van der Waals surface area contributed by atoms with E-state index in [9.17, 15) is 4.79 Å². The summed E-state index contributed by atoms with van der Waals surface area (Å²) < 4.78 is 5.28. The minimum absolute atomic E-state index is 0.0188. The second kappa shape index (κ2) is 5.15. The Balaban J connectivity index is 2.58. The molecule has 0 aromatic heterocycles. The molecular weight excluding hydrogens is 204 g/mol. The Morgan fingerprint density at radius 3 is 2.69 bits per heavy atom. The molecule has 1 amide bonds. The van der Waals surface area contributed by atoms with Crippen molar-refractivity contribution in [2.24, 2.45) is 17.1 Å². The van der Waals surface area contributed by atoms with Gasteiger partial charge in [-0.3, -0.25) is 4.79 Å². The second-order valence-corrected chi connectivity index (χ2v) is 5.19. The van der Waals surface area contributed by atoms with Crippen LogP contribution in [0.25, 0.3) is 0 Å². The molecule has 0 aromatic carbocycles. The largest absolute Gasteiger partial charge is 0.379 e. The number of nitrogens with one attached hydrogen (secondary N) is 1. The quantitative estimate of drug-likeness (QED) is 0.751. The maximum atomic E-state index is 12.1. The van der Waals surface area contributed by atoms with Gasteiger partial charge in [0.1, 0.15) is 0 Å². The van der Waals surface area contributed by atoms with Crippen LogP contribution in [0.4, 0.5) is 0 Å². The molecule has 1 fully saturated rings. The van der Waals surface area contributed by atoms with Crippen molar-refractivity contribution in [3.8, 4) is 0 Å². The van der Waals surface area contributed by atoms with E-state index in [1.165, 1.54) is 0 Å². The van der Waals surface area contributed by atoms with Gasteiger partial charge in [-0.25, -0.2) is 0 Å². The van der Waals surface area contributed by atoms with Crippen LogP contribution in [0.15, 0.2) is 0 Å². The van der Waals surface area contributed by atoms with Crippen LogP contribution >= 0.6 is 0 Å². The lowest BCUT2D eigenvalue weighted by Crippen LogP contribution is -2.52. The average Bonchev–Trinajstić information content (AvgIpc) is 2.59. The Morgan fingerprint density at radius 2 is 2.25 bits per heavy atom. The number of hydrogen-bond acceptors (Lipinski definition) is 3. The lowest BCUT2D eigenvalue weighted by atomic mass is 9.84. The van der Waals surface area contributed by atoms with Crippen molar-refractivity contribution in [1.82, 2.24) is 5.32 Å². The van der Waals surface area contributed by atoms with E-state index in [0.717, 1.165) is 6.42 Å². The van der Waals surface area contributed by atoms with E-state index in [2.05, 4.69) is 19.2 Å². The second-order valence-electron chi connectivity index (χ2n) is 5.19. The number of carbonyl (C=O) groups excluding carboxylic acids is 1. The van der Waals surface area contributed by atoms with Gasteiger partial charge in [0, 0.05) is 12.1 Å². The zero-order chi connectivity index (χ0) is 12.3. The van der Waals surface area contributed by atoms with Gasteiger partial charge in [0.05, 0.1) is 18.6 Å². The van der Waals surface area contributed by atoms with E-state index in [1.807, 2.05) is 13.8 Å². The van der Waals surface area contributed by atoms with Gasteiger partial charge in [0.15, 0.2) is 0 Å². The number of amides is 1. The highest BCUT2D eigenvalue weighted by molar-refractivity contribution is 5.83. The first kappa shape index (κ1) is 13.5. The zero-order valence-corrected chi connectivity index (χ0v) is 10.7. The molecule has 1 heterocycles. The smallest absolute Gasteiger partial charge is 0.230 e. The van der Waals surface area contributed by atoms with Gasteiger partial charge in [-0.05, 0) is 19.8 Å². The van der Waals surface area contributed by atoms with Crippen LogP contribution in [0.2, 0.25) is 0 Å². The van der Waals surface area contributed by atoms with Crippen LogP contribution < -0.4 is 11.1 Å². The highest BCUT2D eigenvalue weighted by atomic mass is 16.5. The van der Waals surface area contributed by atoms with E-state index in [1.54, 1.807) is 0 Å². The Kier molecular flexibility index (Phi) is 4.33. The van der Waals surface area contributed by atoms with Gasteiger partial charge in [-0.15, -0.1) is 0 Å². The first-order valence-corrected chi connectivity index (χ1v) is 6.06. The summed E-state index contributed by atoms with van der Waals surface area (Å²) in [6, 6.07) is -0.0150. The maximum absolute atomic E-state index is 12.1. The van der Waals surface area contributed by atoms with Crippen molar-refractivity contribution in [2.75, 3.05) is 13.2 Å². The summed E-state index contributed by atoms with van der Waals surface area (Å²) >= 11 is 0. The molecule has 4 atom stereocenters. The van der Waals surface area contributed by atoms with E-state index in [4.69, 9.17) is 10.5 Å². The number of ether oxygens (including phenoxy) is 1. The molecule has 0 radical (unpaired) electrons. The summed E-state index contributed by atoms with van der Waals surface area (Å²) in [4.78, 5) is 12.1. The Labute approximate surface area is 97.9 Å². The fourth-order valence-electron chi connectivity index (χ4n) is 1.79. The molecular formula is C12H24N2O2. The number of rotatable bonds is 4. The minimum Gasteiger partial charge on any atom is -0.379 e. The van der Waals surface area contributed by atoms with Crippen molar-refractivity contribution in [3.63, 3.8) is 0 Å². The summed E-state index contributed by atoms with van der Waals surface area (Å²) in [6.07, 6.45) is 1.06. The molecule has 3 N–H and O–H groups in total. The molecule has 1 aliphatic rings. The molecule has 1 aliphatic heterocycles. The van der Waals surface area contributed by atoms with Crippen molar-refractivity contribution >= 4 is 5.91 Å². The topological polar surface area (TPSA) is 64.3 Å². The molecule has 94 valence electrons. The summed E-state index contributed by atoms with van der Waals surface area (Å²) in [5.74, 6) is 0.497. The van der Waals surface area contributed by atoms with Crippen molar-refractivity contribution in [1.29, 1.82) is 0 Å². The van der Waals surface area contributed by atoms with Gasteiger partial charge in [-0.1, -0.05) is 20.3 Å². The van der Waals surface area contributed by atoms with Crippen molar-refractivity contribution < 1.29 is 9.53 Å². The highest BCUT2D eigenvalue weighted by Gasteiger charge is 2.44. The van der Waals surface area contributed by atoms with Crippen LogP contribution in [-0.2, 0) is 9.53 Å². The fraction of sp³-hybridized carbons (Fsp3) is 0.917. The zero-order valence-electron chi connectivity index (χ0n) is 10.7. The van der Waals surface area contributed by atoms with Gasteiger partial charge >= 0.3 is 0 Å². The van der Waals surface area contributed by atoms with E-state index >= 15 is 0 Å². The molecule has 0 bridgehead atoms. The summed E-state index contributed by atoms with van der Waals surface area (Å²) in [7, 11) is 0. The van der Waals surface area contributed by atoms with E-state index < -0.39 is 5.41 Å². The Hall–Kier alpha value is -0.610. The molecule has 0 spiro atoms. The van der Waals surface area contributed by atoms with Crippen LogP contribution in [-0.4, -0.2) is 31.2 Å². The first-order valence-electron chi connectivity index (χ1n) is 6.06. The molecule has 0 saturated carbocycles. The van der Waals surface area contributed by atoms with Crippen molar-refractivity contribution in [2.45, 2.75) is 46.2 Å². The lowest BCUT2D eigenvalue weighted by Gasteiger charge is -2.29. The number of hydrogen-bond donors (Lipinski definition) is 2. The monoisotopic (exact) mass is 228 g/mol. The molecule has 4 unspecified atom stereocenters. The first-order chi connectivity index (χ1) is 7.41. The number of carbonyl (C=O) groups is 1. The normalized spacial score (nSPS) is 33.4. The Bertz CT molecular complexity index is 257.